The third kappa shape index (κ3) is 7.53. The number of rotatable bonds is 9. The lowest BCUT2D eigenvalue weighted by atomic mass is 9.81. The summed E-state index contributed by atoms with van der Waals surface area (Å²) in [6.07, 6.45) is -1.39. The number of anilines is 1. The number of hydrogen-bond acceptors (Lipinski definition) is 6. The van der Waals surface area contributed by atoms with E-state index in [1.54, 1.807) is 38.1 Å². The molecule has 1 unspecified atom stereocenters. The predicted molar refractivity (Wildman–Crippen MR) is 156 cm³/mol. The van der Waals surface area contributed by atoms with Crippen LogP contribution in [-0.4, -0.2) is 26.8 Å². The molecule has 1 aliphatic carbocycles. The highest BCUT2D eigenvalue weighted by atomic mass is 19.4. The van der Waals surface area contributed by atoms with E-state index < -0.39 is 57.7 Å². The zero-order chi connectivity index (χ0) is 33.2. The van der Waals surface area contributed by atoms with Gasteiger partial charge in [0, 0.05) is 23.8 Å². The van der Waals surface area contributed by atoms with Crippen molar-refractivity contribution < 1.29 is 36.6 Å². The summed E-state index contributed by atoms with van der Waals surface area (Å²) in [5.74, 6) is -6.47. The number of carbonyl (C=O) groups is 2. The number of carbonyl (C=O) groups excluding carboxylic acids is 2. The molecule has 0 saturated heterocycles. The Morgan fingerprint density at radius 3 is 2.38 bits per heavy atom. The first-order valence-corrected chi connectivity index (χ1v) is 14.2. The summed E-state index contributed by atoms with van der Waals surface area (Å²) >= 11 is 0. The number of aliphatic hydroxyl groups is 1. The second-order valence-corrected chi connectivity index (χ2v) is 11.7. The average Bonchev–Trinajstić information content (AvgIpc) is 3.44. The van der Waals surface area contributed by atoms with E-state index in [1.165, 1.54) is 0 Å². The monoisotopic (exact) mass is 626 g/mol. The number of amides is 1. The van der Waals surface area contributed by atoms with Gasteiger partial charge in [0.2, 0.25) is 0 Å². The second-order valence-electron chi connectivity index (χ2n) is 11.7. The Bertz CT molecular complexity index is 1680. The molecule has 0 aliphatic heterocycles. The Labute approximate surface area is 256 Å². The summed E-state index contributed by atoms with van der Waals surface area (Å²) in [4.78, 5) is 35.1. The van der Waals surface area contributed by atoms with Gasteiger partial charge in [-0.05, 0) is 61.2 Å². The first-order valence-electron chi connectivity index (χ1n) is 14.2. The van der Waals surface area contributed by atoms with Gasteiger partial charge in [-0.3, -0.25) is 9.59 Å². The van der Waals surface area contributed by atoms with Gasteiger partial charge < -0.3 is 10.4 Å². The fourth-order valence-corrected chi connectivity index (χ4v) is 5.46. The van der Waals surface area contributed by atoms with Crippen molar-refractivity contribution in [2.75, 3.05) is 5.32 Å². The third-order valence-electron chi connectivity index (χ3n) is 8.02. The zero-order valence-corrected chi connectivity index (χ0v) is 24.8. The molecule has 1 aromatic heterocycles. The summed E-state index contributed by atoms with van der Waals surface area (Å²) in [6.45, 7) is 3.87. The van der Waals surface area contributed by atoms with Crippen molar-refractivity contribution in [3.05, 3.63) is 88.6 Å². The zero-order valence-electron chi connectivity index (χ0n) is 24.8. The van der Waals surface area contributed by atoms with E-state index in [4.69, 9.17) is 0 Å². The van der Waals surface area contributed by atoms with Crippen LogP contribution in [0.2, 0.25) is 0 Å². The van der Waals surface area contributed by atoms with Crippen molar-refractivity contribution in [2.45, 2.75) is 65.0 Å². The third-order valence-corrected chi connectivity index (χ3v) is 8.02. The quantitative estimate of drug-likeness (QED) is 0.0820. The summed E-state index contributed by atoms with van der Waals surface area (Å²) in [7, 11) is 0. The number of alkyl halides is 5. The maximum absolute atomic E-state index is 14.0. The molecule has 1 fully saturated rings. The molecule has 0 spiro atoms. The fourth-order valence-electron chi connectivity index (χ4n) is 5.46. The Morgan fingerprint density at radius 1 is 1.07 bits per heavy atom. The topological polar surface area (TPSA) is 116 Å². The lowest BCUT2D eigenvalue weighted by molar-refractivity contribution is -0.137. The van der Waals surface area contributed by atoms with Crippen LogP contribution in [0, 0.1) is 22.7 Å². The van der Waals surface area contributed by atoms with E-state index in [0.717, 1.165) is 31.3 Å². The highest BCUT2D eigenvalue weighted by Crippen LogP contribution is 2.44. The molecule has 2 aromatic carbocycles. The smallest absolute Gasteiger partial charge is 0.416 e. The van der Waals surface area contributed by atoms with Crippen molar-refractivity contribution in [2.24, 2.45) is 11.3 Å². The number of benzene rings is 2. The van der Waals surface area contributed by atoms with Gasteiger partial charge in [0.1, 0.15) is 23.4 Å². The van der Waals surface area contributed by atoms with Crippen LogP contribution in [0.3, 0.4) is 0 Å². The van der Waals surface area contributed by atoms with E-state index in [-0.39, 0.29) is 23.4 Å². The lowest BCUT2D eigenvalue weighted by Gasteiger charge is -2.26. The molecule has 1 saturated carbocycles. The van der Waals surface area contributed by atoms with Gasteiger partial charge >= 0.3 is 6.18 Å². The average molecular weight is 627 g/mol. The lowest BCUT2D eigenvalue weighted by Crippen LogP contribution is -2.31. The van der Waals surface area contributed by atoms with E-state index in [0.29, 0.717) is 43.0 Å². The van der Waals surface area contributed by atoms with Crippen LogP contribution >= 0.6 is 0 Å². The van der Waals surface area contributed by atoms with Crippen molar-refractivity contribution >= 4 is 17.4 Å². The molecule has 1 atom stereocenters. The molecule has 3 aromatic rings. The minimum atomic E-state index is -4.81. The van der Waals surface area contributed by atoms with Gasteiger partial charge in [0.15, 0.2) is 5.78 Å². The summed E-state index contributed by atoms with van der Waals surface area (Å²) in [6, 6.07) is 11.7. The Balaban J connectivity index is 1.78. The molecule has 1 heterocycles. The number of halogens is 5. The van der Waals surface area contributed by atoms with Gasteiger partial charge in [-0.2, -0.15) is 27.2 Å². The van der Waals surface area contributed by atoms with Crippen molar-refractivity contribution in [1.82, 2.24) is 9.97 Å². The maximum atomic E-state index is 14.0. The molecule has 1 amide bonds. The van der Waals surface area contributed by atoms with Gasteiger partial charge in [-0.15, -0.1) is 0 Å². The highest BCUT2D eigenvalue weighted by molar-refractivity contribution is 6.25. The molecule has 1 aliphatic rings. The summed E-state index contributed by atoms with van der Waals surface area (Å²) < 4.78 is 69.1. The largest absolute Gasteiger partial charge is 0.511 e. The van der Waals surface area contributed by atoms with Crippen LogP contribution in [0.4, 0.5) is 27.6 Å². The molecular formula is C33H31F5N4O3. The van der Waals surface area contributed by atoms with Crippen LogP contribution in [0.5, 0.6) is 0 Å². The Hall–Kier alpha value is -4.66. The van der Waals surface area contributed by atoms with Gasteiger partial charge in [-0.1, -0.05) is 38.8 Å². The van der Waals surface area contributed by atoms with E-state index in [9.17, 15) is 41.9 Å². The number of hydrogen-bond donors (Lipinski definition) is 2. The first-order chi connectivity index (χ1) is 21.0. The summed E-state index contributed by atoms with van der Waals surface area (Å²) in [5, 5.41) is 23.1. The molecule has 0 bridgehead atoms. The minimum Gasteiger partial charge on any atom is -0.511 e. The SMILES string of the molecule is CC(Cc1cccc(C#N)c1)C(=O)/C(C(=O)Nc1ccc(C(F)(F)F)cc1-c1cc(C(C)(F)F)ncn1)=C(/O)C1(C)CCCC1. The predicted octanol–water partition coefficient (Wildman–Crippen LogP) is 7.92. The van der Waals surface area contributed by atoms with Gasteiger partial charge in [0.25, 0.3) is 11.8 Å². The number of aromatic nitrogens is 2. The molecule has 0 radical (unpaired) electrons. The number of allylic oxidation sites excluding steroid dienone is 1. The Morgan fingerprint density at radius 2 is 1.76 bits per heavy atom. The van der Waals surface area contributed by atoms with E-state index >= 15 is 0 Å². The van der Waals surface area contributed by atoms with E-state index in [2.05, 4.69) is 15.3 Å². The number of aliphatic hydroxyl groups excluding tert-OH is 1. The Kier molecular flexibility index (Phi) is 9.42. The molecule has 12 heteroatoms. The number of Topliss-reactive ketones (excluding diaryl/α,β-unsaturated/α-hetero) is 1. The summed E-state index contributed by atoms with van der Waals surface area (Å²) in [5.41, 5.74) is -3.19. The van der Waals surface area contributed by atoms with Crippen molar-refractivity contribution in [3.8, 4) is 17.3 Å². The van der Waals surface area contributed by atoms with Crippen LogP contribution in [0.15, 0.2) is 66.2 Å². The molecule has 236 valence electrons. The van der Waals surface area contributed by atoms with Crippen molar-refractivity contribution in [1.29, 1.82) is 5.26 Å². The van der Waals surface area contributed by atoms with Crippen molar-refractivity contribution in [3.63, 3.8) is 0 Å². The molecular weight excluding hydrogens is 595 g/mol. The molecule has 4 rings (SSSR count). The van der Waals surface area contributed by atoms with E-state index in [1.807, 2.05) is 6.07 Å². The maximum Gasteiger partial charge on any atom is 0.416 e. The molecule has 45 heavy (non-hydrogen) atoms. The molecule has 7 nitrogen and oxygen atoms in total. The van der Waals surface area contributed by atoms with Crippen LogP contribution < -0.4 is 5.32 Å². The molecule has 2 N–H and O–H groups in total. The minimum absolute atomic E-state index is 0.135. The number of nitrogens with zero attached hydrogens (tertiary/aromatic N) is 3. The van der Waals surface area contributed by atoms with Gasteiger partial charge in [-0.25, -0.2) is 9.97 Å². The normalized spacial score (nSPS) is 16.0. The standard InChI is InChI=1S/C33H31F5N4O3/c1-19(13-20-7-6-8-21(14-20)17-39)28(43)27(29(44)31(2)11-4-5-12-31)30(45)42-24-10-9-22(33(36,37)38)15-23(24)25-16-26(32(3,34)35)41-18-40-25/h6-10,14-16,18-19,44H,4-5,11-13H2,1-3H3,(H,42,45)/b29-27-. The second kappa shape index (κ2) is 12.8. The number of ketones is 1. The van der Waals surface area contributed by atoms with Gasteiger partial charge in [0.05, 0.1) is 28.6 Å². The van der Waals surface area contributed by atoms with Crippen LogP contribution in [-0.2, 0) is 28.1 Å². The highest BCUT2D eigenvalue weighted by Gasteiger charge is 2.40. The number of nitrogens with one attached hydrogen (secondary N) is 1. The van der Waals surface area contributed by atoms with Crippen LogP contribution in [0.1, 0.15) is 68.8 Å². The first kappa shape index (κ1) is 33.2. The van der Waals surface area contributed by atoms with Crippen LogP contribution in [0.25, 0.3) is 11.3 Å². The number of nitriles is 1. The fraction of sp³-hybridized carbons (Fsp3) is 0.364.